The molecule has 178 valence electrons. The van der Waals surface area contributed by atoms with Crippen molar-refractivity contribution in [3.8, 4) is 0 Å². The largest absolute Gasteiger partial charge is 0.234 e. The molecule has 2 unspecified atom stereocenters. The summed E-state index contributed by atoms with van der Waals surface area (Å²) in [4.78, 5) is 4.43. The predicted molar refractivity (Wildman–Crippen MR) is 135 cm³/mol. The van der Waals surface area contributed by atoms with Crippen LogP contribution in [-0.4, -0.2) is 37.1 Å². The third-order valence-electron chi connectivity index (χ3n) is 6.82. The molecular formula is C27H56N3+. The van der Waals surface area contributed by atoms with Crippen molar-refractivity contribution < 1.29 is 4.59 Å². The van der Waals surface area contributed by atoms with Gasteiger partial charge in [0.05, 0.1) is 19.6 Å². The van der Waals surface area contributed by atoms with E-state index in [1.54, 1.807) is 0 Å². The molecule has 3 nitrogen and oxygen atoms in total. The Morgan fingerprint density at radius 1 is 0.667 bits per heavy atom. The molecule has 0 bridgehead atoms. The van der Waals surface area contributed by atoms with E-state index in [0.29, 0.717) is 6.04 Å². The van der Waals surface area contributed by atoms with Crippen molar-refractivity contribution in [2.24, 2.45) is 4.99 Å². The Labute approximate surface area is 190 Å². The molecular weight excluding hydrogens is 366 g/mol. The van der Waals surface area contributed by atoms with Gasteiger partial charge in [-0.05, 0) is 12.8 Å². The Hall–Kier alpha value is -0.410. The Balaban J connectivity index is 1.89. The van der Waals surface area contributed by atoms with Crippen LogP contribution < -0.4 is 5.43 Å². The standard InChI is InChI=1S/C27H56N3/c1-4-6-8-9-10-11-12-13-14-15-16-17-18-19-20-21-23-27(22-7-5-2)29-30(3)25-24-28-26-30/h26-27,29H,4-25H2,1-3H3/q+1. The van der Waals surface area contributed by atoms with Crippen LogP contribution in [0.3, 0.4) is 0 Å². The Kier molecular flexibility index (Phi) is 17.8. The van der Waals surface area contributed by atoms with E-state index in [4.69, 9.17) is 0 Å². The highest BCUT2D eigenvalue weighted by molar-refractivity contribution is 5.47. The number of quaternary nitrogens is 1. The second kappa shape index (κ2) is 19.3. The highest BCUT2D eigenvalue weighted by Gasteiger charge is 2.27. The van der Waals surface area contributed by atoms with Crippen LogP contribution in [0.4, 0.5) is 0 Å². The van der Waals surface area contributed by atoms with Crippen LogP contribution in [0.15, 0.2) is 4.99 Å². The van der Waals surface area contributed by atoms with Gasteiger partial charge in [-0.1, -0.05) is 129 Å². The molecule has 0 aliphatic carbocycles. The summed E-state index contributed by atoms with van der Waals surface area (Å²) in [5, 5.41) is 0. The lowest BCUT2D eigenvalue weighted by atomic mass is 10.0. The molecule has 0 aromatic rings. The number of likely N-dealkylation sites (N-methyl/N-ethyl adjacent to an activating group) is 1. The molecule has 0 aromatic carbocycles. The van der Waals surface area contributed by atoms with Gasteiger partial charge >= 0.3 is 0 Å². The van der Waals surface area contributed by atoms with E-state index in [2.05, 4.69) is 37.7 Å². The van der Waals surface area contributed by atoms with Crippen LogP contribution in [0.1, 0.15) is 142 Å². The Bertz CT molecular complexity index is 396. The number of nitrogens with one attached hydrogen (secondary N) is 1. The van der Waals surface area contributed by atoms with E-state index >= 15 is 0 Å². The summed E-state index contributed by atoms with van der Waals surface area (Å²) in [7, 11) is 2.27. The highest BCUT2D eigenvalue weighted by Crippen LogP contribution is 2.16. The van der Waals surface area contributed by atoms with Crippen LogP contribution in [0, 0.1) is 0 Å². The maximum atomic E-state index is 4.43. The van der Waals surface area contributed by atoms with Crippen molar-refractivity contribution in [1.82, 2.24) is 5.43 Å². The molecule has 0 spiro atoms. The van der Waals surface area contributed by atoms with Gasteiger partial charge in [-0.3, -0.25) is 0 Å². The smallest absolute Gasteiger partial charge is 0.204 e. The van der Waals surface area contributed by atoms with Crippen LogP contribution in [0.2, 0.25) is 0 Å². The summed E-state index contributed by atoms with van der Waals surface area (Å²) < 4.78 is 0.841. The number of nitrogens with zero attached hydrogens (tertiary/aromatic N) is 2. The average molecular weight is 423 g/mol. The summed E-state index contributed by atoms with van der Waals surface area (Å²) in [6, 6.07) is 0.658. The van der Waals surface area contributed by atoms with Crippen molar-refractivity contribution in [2.45, 2.75) is 148 Å². The molecule has 0 aromatic heterocycles. The van der Waals surface area contributed by atoms with Crippen molar-refractivity contribution in [3.63, 3.8) is 0 Å². The van der Waals surface area contributed by atoms with Crippen molar-refractivity contribution in [1.29, 1.82) is 0 Å². The maximum Gasteiger partial charge on any atom is 0.204 e. The summed E-state index contributed by atoms with van der Waals surface area (Å²) in [6.45, 7) is 6.69. The molecule has 1 aliphatic rings. The first-order valence-electron chi connectivity index (χ1n) is 13.8. The van der Waals surface area contributed by atoms with Gasteiger partial charge < -0.3 is 0 Å². The SMILES string of the molecule is CCCCCCCCCCCCCCCCCCC(CCCC)N[N+]1(C)C=NCC1. The van der Waals surface area contributed by atoms with Crippen LogP contribution >= 0.6 is 0 Å². The number of unbranched alkanes of at least 4 members (excludes halogenated alkanes) is 16. The molecule has 1 heterocycles. The first-order chi connectivity index (χ1) is 14.7. The molecule has 30 heavy (non-hydrogen) atoms. The quantitative estimate of drug-likeness (QED) is 0.138. The zero-order valence-corrected chi connectivity index (χ0v) is 21.1. The van der Waals surface area contributed by atoms with Gasteiger partial charge in [0.25, 0.3) is 0 Å². The molecule has 3 heteroatoms. The summed E-state index contributed by atoms with van der Waals surface area (Å²) in [5.74, 6) is 0. The predicted octanol–water partition coefficient (Wildman–Crippen LogP) is 8.19. The van der Waals surface area contributed by atoms with Gasteiger partial charge in [0.2, 0.25) is 6.34 Å². The number of rotatable bonds is 22. The van der Waals surface area contributed by atoms with E-state index in [1.165, 1.54) is 128 Å². The molecule has 0 saturated carbocycles. The maximum absolute atomic E-state index is 4.43. The first kappa shape index (κ1) is 27.6. The fourth-order valence-corrected chi connectivity index (χ4v) is 4.74. The van der Waals surface area contributed by atoms with Gasteiger partial charge in [-0.25, -0.2) is 9.58 Å². The van der Waals surface area contributed by atoms with Gasteiger partial charge in [0, 0.05) is 0 Å². The topological polar surface area (TPSA) is 24.4 Å². The minimum atomic E-state index is 0.658. The molecule has 0 saturated heterocycles. The second-order valence-electron chi connectivity index (χ2n) is 10.1. The average Bonchev–Trinajstić information content (AvgIpc) is 3.17. The van der Waals surface area contributed by atoms with E-state index < -0.39 is 0 Å². The third kappa shape index (κ3) is 15.4. The molecule has 0 fully saturated rings. The van der Waals surface area contributed by atoms with Crippen molar-refractivity contribution in [2.75, 3.05) is 20.1 Å². The monoisotopic (exact) mass is 422 g/mol. The lowest BCUT2D eigenvalue weighted by Gasteiger charge is -2.30. The van der Waals surface area contributed by atoms with E-state index in [9.17, 15) is 0 Å². The van der Waals surface area contributed by atoms with Crippen molar-refractivity contribution >= 4 is 6.34 Å². The number of aliphatic imine (C=N–C) groups is 1. The number of hydrogen-bond acceptors (Lipinski definition) is 2. The van der Waals surface area contributed by atoms with Gasteiger partial charge in [0.1, 0.15) is 6.54 Å². The van der Waals surface area contributed by atoms with Crippen LogP contribution in [0.5, 0.6) is 0 Å². The zero-order valence-electron chi connectivity index (χ0n) is 21.1. The fourth-order valence-electron chi connectivity index (χ4n) is 4.74. The van der Waals surface area contributed by atoms with Gasteiger partial charge in [-0.2, -0.15) is 5.43 Å². The highest BCUT2D eigenvalue weighted by atomic mass is 15.7. The van der Waals surface area contributed by atoms with E-state index in [-0.39, 0.29) is 0 Å². The summed E-state index contributed by atoms with van der Waals surface area (Å²) >= 11 is 0. The normalized spacial score (nSPS) is 19.6. The molecule has 0 radical (unpaired) electrons. The van der Waals surface area contributed by atoms with Crippen LogP contribution in [0.25, 0.3) is 0 Å². The minimum absolute atomic E-state index is 0.658. The van der Waals surface area contributed by atoms with Gasteiger partial charge in [0.15, 0.2) is 0 Å². The fraction of sp³-hybridized carbons (Fsp3) is 0.963. The first-order valence-corrected chi connectivity index (χ1v) is 13.8. The molecule has 2 atom stereocenters. The summed E-state index contributed by atoms with van der Waals surface area (Å²) in [6.07, 6.45) is 30.6. The molecule has 1 aliphatic heterocycles. The lowest BCUT2D eigenvalue weighted by molar-refractivity contribution is -0.858. The van der Waals surface area contributed by atoms with E-state index in [1.807, 2.05) is 0 Å². The van der Waals surface area contributed by atoms with Crippen molar-refractivity contribution in [3.05, 3.63) is 0 Å². The third-order valence-corrected chi connectivity index (χ3v) is 6.82. The zero-order chi connectivity index (χ0) is 21.8. The summed E-state index contributed by atoms with van der Waals surface area (Å²) in [5.41, 5.74) is 3.87. The Morgan fingerprint density at radius 3 is 1.53 bits per heavy atom. The molecule has 0 amide bonds. The Morgan fingerprint density at radius 2 is 1.10 bits per heavy atom. The second-order valence-corrected chi connectivity index (χ2v) is 10.1. The van der Waals surface area contributed by atoms with Gasteiger partial charge in [-0.15, -0.1) is 0 Å². The lowest BCUT2D eigenvalue weighted by Crippen LogP contribution is -2.56. The number of hydrogen-bond donors (Lipinski definition) is 1. The minimum Gasteiger partial charge on any atom is -0.234 e. The van der Waals surface area contributed by atoms with Crippen LogP contribution in [-0.2, 0) is 0 Å². The van der Waals surface area contributed by atoms with E-state index in [0.717, 1.165) is 17.7 Å². The molecule has 1 rings (SSSR count). The molecule has 1 N–H and O–H groups in total.